The SMILES string of the molecule is CCOP(O)OCC.O=P(O)(O)C(Oc1ccccc1)P(=O)(O)O. The zero-order chi connectivity index (χ0) is 18.8. The van der Waals surface area contributed by atoms with Crippen LogP contribution in [0.4, 0.5) is 0 Å². The van der Waals surface area contributed by atoms with Crippen LogP contribution in [0.25, 0.3) is 0 Å². The summed E-state index contributed by atoms with van der Waals surface area (Å²) in [5.41, 5.74) is -2.47. The molecule has 5 N–H and O–H groups in total. The molecule has 24 heavy (non-hydrogen) atoms. The Kier molecular flexibility index (Phi) is 11.1. The third-order valence-electron chi connectivity index (χ3n) is 2.04. The van der Waals surface area contributed by atoms with Crippen molar-refractivity contribution in [1.82, 2.24) is 0 Å². The number of hydrogen-bond donors (Lipinski definition) is 5. The average molecular weight is 406 g/mol. The molecular weight excluding hydrogens is 385 g/mol. The van der Waals surface area contributed by atoms with E-state index in [1.165, 1.54) is 24.3 Å². The summed E-state index contributed by atoms with van der Waals surface area (Å²) in [6.45, 7) is 4.62. The van der Waals surface area contributed by atoms with E-state index in [1.54, 1.807) is 6.07 Å². The highest BCUT2D eigenvalue weighted by atomic mass is 31.2. The van der Waals surface area contributed by atoms with Gasteiger partial charge in [-0.1, -0.05) is 18.2 Å². The van der Waals surface area contributed by atoms with Gasteiger partial charge >= 0.3 is 23.8 Å². The predicted molar refractivity (Wildman–Crippen MR) is 87.3 cm³/mol. The average Bonchev–Trinajstić information content (AvgIpc) is 2.45. The summed E-state index contributed by atoms with van der Waals surface area (Å²) in [7, 11) is -11.7. The van der Waals surface area contributed by atoms with Crippen LogP contribution in [-0.2, 0) is 18.2 Å². The number of benzene rings is 1. The molecule has 0 aliphatic heterocycles. The molecule has 1 aromatic rings. The van der Waals surface area contributed by atoms with Crippen LogP contribution in [0.15, 0.2) is 30.3 Å². The van der Waals surface area contributed by atoms with E-state index in [0.29, 0.717) is 13.2 Å². The van der Waals surface area contributed by atoms with Gasteiger partial charge in [0.2, 0.25) is 0 Å². The maximum atomic E-state index is 10.9. The molecule has 0 aliphatic rings. The Labute approximate surface area is 140 Å². The van der Waals surface area contributed by atoms with E-state index in [1.807, 2.05) is 13.8 Å². The Bertz CT molecular complexity index is 514. The Balaban J connectivity index is 0.000000561. The standard InChI is InChI=1S/C7H10O7P2.C4H11O3P/c8-15(9,10)7(16(11,12)13)14-6-4-2-1-3-5-6;1-3-6-8(5)7-4-2/h1-5,7H,(H2,8,9,10)(H2,11,12,13);5H,3-4H2,1-2H3. The van der Waals surface area contributed by atoms with Crippen LogP contribution in [0.3, 0.4) is 0 Å². The fraction of sp³-hybridized carbons (Fsp3) is 0.455. The lowest BCUT2D eigenvalue weighted by molar-refractivity contribution is 0.216. The molecule has 0 spiro atoms. The minimum atomic E-state index is -5.05. The molecule has 140 valence electrons. The zero-order valence-electron chi connectivity index (χ0n) is 13.0. The predicted octanol–water partition coefficient (Wildman–Crippen LogP) is 1.98. The van der Waals surface area contributed by atoms with Crippen molar-refractivity contribution in [3.05, 3.63) is 30.3 Å². The van der Waals surface area contributed by atoms with E-state index in [0.717, 1.165) is 0 Å². The van der Waals surface area contributed by atoms with Crippen LogP contribution in [0.2, 0.25) is 0 Å². The van der Waals surface area contributed by atoms with Crippen LogP contribution in [0.5, 0.6) is 5.75 Å². The van der Waals surface area contributed by atoms with Crippen molar-refractivity contribution < 1.29 is 47.4 Å². The Morgan fingerprint density at radius 3 is 1.71 bits per heavy atom. The van der Waals surface area contributed by atoms with Crippen molar-refractivity contribution in [2.75, 3.05) is 13.2 Å². The van der Waals surface area contributed by atoms with Gasteiger partial charge < -0.3 is 38.3 Å². The fourth-order valence-electron chi connectivity index (χ4n) is 1.21. The van der Waals surface area contributed by atoms with Crippen molar-refractivity contribution in [3.63, 3.8) is 0 Å². The van der Waals surface area contributed by atoms with Gasteiger partial charge in [-0.25, -0.2) is 0 Å². The Hall–Kier alpha value is -0.370. The molecule has 1 aromatic carbocycles. The highest BCUT2D eigenvalue weighted by molar-refractivity contribution is 7.70. The lowest BCUT2D eigenvalue weighted by atomic mass is 10.3. The van der Waals surface area contributed by atoms with Crippen LogP contribution >= 0.6 is 23.8 Å². The molecule has 0 fully saturated rings. The van der Waals surface area contributed by atoms with E-state index in [4.69, 9.17) is 24.5 Å². The van der Waals surface area contributed by atoms with Gasteiger partial charge in [-0.3, -0.25) is 9.13 Å². The van der Waals surface area contributed by atoms with Crippen LogP contribution < -0.4 is 4.74 Å². The first kappa shape index (κ1) is 23.6. The van der Waals surface area contributed by atoms with E-state index < -0.39 is 29.4 Å². The largest absolute Gasteiger partial charge is 0.465 e. The molecule has 0 aromatic heterocycles. The van der Waals surface area contributed by atoms with Gasteiger partial charge in [-0.15, -0.1) is 0 Å². The summed E-state index contributed by atoms with van der Waals surface area (Å²) in [6.07, 6.45) is 0. The first-order valence-corrected chi connectivity index (χ1v) is 11.1. The lowest BCUT2D eigenvalue weighted by Crippen LogP contribution is -2.17. The van der Waals surface area contributed by atoms with Crippen molar-refractivity contribution >= 4 is 23.8 Å². The second-order valence-corrected chi connectivity index (χ2v) is 8.70. The molecule has 0 atom stereocenters. The first-order chi connectivity index (χ1) is 11.0. The lowest BCUT2D eigenvalue weighted by Gasteiger charge is -2.20. The van der Waals surface area contributed by atoms with Gasteiger partial charge in [-0.2, -0.15) is 0 Å². The molecule has 0 amide bonds. The summed E-state index contributed by atoms with van der Waals surface area (Å²) >= 11 is 0. The third-order valence-corrected chi connectivity index (χ3v) is 6.16. The van der Waals surface area contributed by atoms with Crippen molar-refractivity contribution in [2.45, 2.75) is 19.4 Å². The zero-order valence-corrected chi connectivity index (χ0v) is 15.7. The maximum Gasteiger partial charge on any atom is 0.378 e. The number of ether oxygens (including phenoxy) is 1. The normalized spacial score (nSPS) is 12.0. The molecule has 0 saturated carbocycles. The van der Waals surface area contributed by atoms with E-state index in [-0.39, 0.29) is 5.75 Å². The van der Waals surface area contributed by atoms with Gasteiger partial charge in [0.25, 0.3) is 5.59 Å². The quantitative estimate of drug-likeness (QED) is 0.403. The van der Waals surface area contributed by atoms with Crippen LogP contribution in [0, 0.1) is 0 Å². The minimum absolute atomic E-state index is 0.0286. The summed E-state index contributed by atoms with van der Waals surface area (Å²) in [6, 6.07) is 7.30. The first-order valence-electron chi connectivity index (χ1n) is 6.59. The number of rotatable bonds is 8. The minimum Gasteiger partial charge on any atom is -0.465 e. The highest BCUT2D eigenvalue weighted by Crippen LogP contribution is 2.59. The van der Waals surface area contributed by atoms with Crippen LogP contribution in [-0.4, -0.2) is 43.3 Å². The Morgan fingerprint density at radius 1 is 0.958 bits per heavy atom. The van der Waals surface area contributed by atoms with Gasteiger partial charge in [-0.05, 0) is 26.0 Å². The van der Waals surface area contributed by atoms with Crippen molar-refractivity contribution in [2.24, 2.45) is 0 Å². The van der Waals surface area contributed by atoms with Gasteiger partial charge in [0, 0.05) is 0 Å². The summed E-state index contributed by atoms with van der Waals surface area (Å²) < 4.78 is 35.7. The molecule has 0 unspecified atom stereocenters. The van der Waals surface area contributed by atoms with Crippen molar-refractivity contribution in [3.8, 4) is 5.75 Å². The number of hydrogen-bond acceptors (Lipinski definition) is 6. The molecule has 0 aliphatic carbocycles. The number of para-hydroxylation sites is 1. The van der Waals surface area contributed by atoms with Gasteiger partial charge in [0.1, 0.15) is 5.75 Å². The molecular formula is C11H21O10P3. The second-order valence-electron chi connectivity index (χ2n) is 4.01. The van der Waals surface area contributed by atoms with E-state index in [9.17, 15) is 9.13 Å². The summed E-state index contributed by atoms with van der Waals surface area (Å²) in [5, 5.41) is 0. The topological polar surface area (TPSA) is 163 Å². The van der Waals surface area contributed by atoms with E-state index >= 15 is 0 Å². The molecule has 0 heterocycles. The second kappa shape index (κ2) is 11.3. The monoisotopic (exact) mass is 406 g/mol. The van der Waals surface area contributed by atoms with Gasteiger partial charge in [0.15, 0.2) is 0 Å². The maximum absolute atomic E-state index is 10.9. The highest BCUT2D eigenvalue weighted by Gasteiger charge is 2.45. The molecule has 1 rings (SSSR count). The fourth-order valence-corrected chi connectivity index (χ4v) is 3.81. The van der Waals surface area contributed by atoms with Gasteiger partial charge in [0.05, 0.1) is 13.2 Å². The van der Waals surface area contributed by atoms with Crippen molar-refractivity contribution in [1.29, 1.82) is 0 Å². The Morgan fingerprint density at radius 2 is 1.38 bits per heavy atom. The molecule has 10 nitrogen and oxygen atoms in total. The third kappa shape index (κ3) is 10.5. The van der Waals surface area contributed by atoms with Crippen LogP contribution in [0.1, 0.15) is 13.8 Å². The molecule has 0 bridgehead atoms. The smallest absolute Gasteiger partial charge is 0.378 e. The summed E-state index contributed by atoms with van der Waals surface area (Å²) in [4.78, 5) is 43.7. The van der Waals surface area contributed by atoms with E-state index in [2.05, 4.69) is 13.8 Å². The molecule has 0 radical (unpaired) electrons. The summed E-state index contributed by atoms with van der Waals surface area (Å²) in [5.74, 6) is -0.0286. The molecule has 13 heteroatoms. The molecule has 0 saturated heterocycles.